The Bertz CT molecular complexity index is 853. The van der Waals surface area contributed by atoms with Crippen LogP contribution in [0.3, 0.4) is 0 Å². The molecule has 3 aromatic rings. The van der Waals surface area contributed by atoms with Gasteiger partial charge in [-0.1, -0.05) is 0 Å². The molecule has 0 aliphatic heterocycles. The first-order chi connectivity index (χ1) is 9.56. The number of nitrogens with zero attached hydrogens (tertiary/aromatic N) is 2. The Morgan fingerprint density at radius 3 is 3.00 bits per heavy atom. The smallest absolute Gasteiger partial charge is 0.178 e. The maximum Gasteiger partial charge on any atom is 0.178 e. The van der Waals surface area contributed by atoms with Crippen molar-refractivity contribution in [1.82, 2.24) is 14.5 Å². The molecule has 0 saturated carbocycles. The molecule has 0 aliphatic carbocycles. The molecule has 0 saturated heterocycles. The van der Waals surface area contributed by atoms with Crippen molar-refractivity contribution in [3.05, 3.63) is 56.8 Å². The molecule has 20 heavy (non-hydrogen) atoms. The highest BCUT2D eigenvalue weighted by Gasteiger charge is 2.10. The number of rotatable bonds is 2. The van der Waals surface area contributed by atoms with Gasteiger partial charge in [-0.25, -0.2) is 4.39 Å². The Morgan fingerprint density at radius 2 is 2.25 bits per heavy atom. The maximum atomic E-state index is 13.6. The van der Waals surface area contributed by atoms with Crippen molar-refractivity contribution in [2.24, 2.45) is 0 Å². The number of fused-ring (bicyclic) bond motifs is 1. The summed E-state index contributed by atoms with van der Waals surface area (Å²) in [5.74, 6) is -0.307. The number of pyridine rings is 1. The molecule has 0 spiro atoms. The average Bonchev–Trinajstić information content (AvgIpc) is 2.69. The fourth-order valence-corrected chi connectivity index (χ4v) is 2.75. The molecule has 0 atom stereocenters. The quantitative estimate of drug-likeness (QED) is 0.696. The number of nitrogens with one attached hydrogen (secondary N) is 1. The molecular formula is C14H11BrFN3S. The number of aryl methyl sites for hydroxylation is 1. The Labute approximate surface area is 128 Å². The van der Waals surface area contributed by atoms with Gasteiger partial charge < -0.3 is 9.55 Å². The molecule has 0 bridgehead atoms. The van der Waals surface area contributed by atoms with Gasteiger partial charge in [-0.15, -0.1) is 0 Å². The van der Waals surface area contributed by atoms with E-state index in [1.807, 2.05) is 23.8 Å². The van der Waals surface area contributed by atoms with Crippen LogP contribution in [0.25, 0.3) is 11.0 Å². The lowest BCUT2D eigenvalue weighted by Gasteiger charge is -2.07. The van der Waals surface area contributed by atoms with E-state index >= 15 is 0 Å². The minimum Gasteiger partial charge on any atom is -0.330 e. The fraction of sp³-hybridized carbons (Fsp3) is 0.143. The zero-order valence-corrected chi connectivity index (χ0v) is 13.1. The third kappa shape index (κ3) is 2.29. The van der Waals surface area contributed by atoms with Crippen LogP contribution in [0.15, 0.2) is 35.1 Å². The van der Waals surface area contributed by atoms with Crippen LogP contribution in [0.4, 0.5) is 4.39 Å². The van der Waals surface area contributed by atoms with Crippen LogP contribution in [-0.2, 0) is 6.54 Å². The molecular weight excluding hydrogens is 341 g/mol. The summed E-state index contributed by atoms with van der Waals surface area (Å²) in [5.41, 5.74) is 3.80. The van der Waals surface area contributed by atoms with Crippen LogP contribution in [0.1, 0.15) is 11.1 Å². The maximum absolute atomic E-state index is 13.6. The van der Waals surface area contributed by atoms with E-state index in [0.717, 1.165) is 16.6 Å². The van der Waals surface area contributed by atoms with Gasteiger partial charge in [0, 0.05) is 18.5 Å². The molecule has 6 heteroatoms. The number of hydrogen-bond donors (Lipinski definition) is 1. The lowest BCUT2D eigenvalue weighted by Crippen LogP contribution is -2.02. The van der Waals surface area contributed by atoms with Gasteiger partial charge in [-0.05, 0) is 58.3 Å². The van der Waals surface area contributed by atoms with E-state index < -0.39 is 0 Å². The number of aromatic amines is 1. The van der Waals surface area contributed by atoms with Gasteiger partial charge in [-0.3, -0.25) is 4.98 Å². The van der Waals surface area contributed by atoms with Crippen molar-refractivity contribution in [2.75, 3.05) is 0 Å². The molecule has 2 aromatic heterocycles. The largest absolute Gasteiger partial charge is 0.330 e. The number of benzene rings is 1. The van der Waals surface area contributed by atoms with Crippen molar-refractivity contribution in [3.63, 3.8) is 0 Å². The molecule has 3 rings (SSSR count). The summed E-state index contributed by atoms with van der Waals surface area (Å²) in [5, 5.41) is 0. The van der Waals surface area contributed by atoms with E-state index in [9.17, 15) is 4.39 Å². The van der Waals surface area contributed by atoms with Gasteiger partial charge >= 0.3 is 0 Å². The second kappa shape index (κ2) is 5.10. The number of hydrogen-bond acceptors (Lipinski definition) is 2. The van der Waals surface area contributed by atoms with Gasteiger partial charge in [0.15, 0.2) is 4.77 Å². The Morgan fingerprint density at radius 1 is 1.45 bits per heavy atom. The minimum atomic E-state index is -0.307. The highest BCUT2D eigenvalue weighted by atomic mass is 79.9. The lowest BCUT2D eigenvalue weighted by atomic mass is 10.1. The minimum absolute atomic E-state index is 0.307. The molecule has 0 fully saturated rings. The molecule has 1 N–H and O–H groups in total. The van der Waals surface area contributed by atoms with E-state index in [-0.39, 0.29) is 5.82 Å². The van der Waals surface area contributed by atoms with E-state index in [1.54, 1.807) is 12.3 Å². The van der Waals surface area contributed by atoms with Crippen molar-refractivity contribution in [1.29, 1.82) is 0 Å². The monoisotopic (exact) mass is 351 g/mol. The summed E-state index contributed by atoms with van der Waals surface area (Å²) in [7, 11) is 0. The third-order valence-corrected chi connectivity index (χ3v) is 4.22. The summed E-state index contributed by atoms with van der Waals surface area (Å²) in [6.07, 6.45) is 3.59. The van der Waals surface area contributed by atoms with Gasteiger partial charge in [0.25, 0.3) is 0 Å². The first-order valence-corrected chi connectivity index (χ1v) is 7.23. The Hall–Kier alpha value is -1.53. The summed E-state index contributed by atoms with van der Waals surface area (Å²) in [6.45, 7) is 2.64. The molecule has 3 nitrogen and oxygen atoms in total. The third-order valence-electron chi connectivity index (χ3n) is 3.29. The Kier molecular flexibility index (Phi) is 3.43. The number of aromatic nitrogens is 3. The summed E-state index contributed by atoms with van der Waals surface area (Å²) < 4.78 is 16.5. The fourth-order valence-electron chi connectivity index (χ4n) is 2.14. The molecule has 0 radical (unpaired) electrons. The Balaban J connectivity index is 2.17. The molecule has 2 heterocycles. The lowest BCUT2D eigenvalue weighted by molar-refractivity contribution is 0.622. The van der Waals surface area contributed by atoms with Crippen LogP contribution in [-0.4, -0.2) is 14.5 Å². The highest BCUT2D eigenvalue weighted by Crippen LogP contribution is 2.24. The van der Waals surface area contributed by atoms with Crippen molar-refractivity contribution in [3.8, 4) is 0 Å². The molecule has 0 aliphatic rings. The summed E-state index contributed by atoms with van der Waals surface area (Å²) in [4.78, 5) is 7.17. The van der Waals surface area contributed by atoms with E-state index in [1.165, 1.54) is 6.07 Å². The molecule has 0 amide bonds. The molecule has 0 unspecified atom stereocenters. The second-order valence-corrected chi connectivity index (χ2v) is 5.84. The number of halogens is 2. The van der Waals surface area contributed by atoms with Gasteiger partial charge in [0.1, 0.15) is 5.82 Å². The zero-order valence-electron chi connectivity index (χ0n) is 10.7. The number of imidazole rings is 1. The van der Waals surface area contributed by atoms with Gasteiger partial charge in [0.2, 0.25) is 0 Å². The van der Waals surface area contributed by atoms with Crippen LogP contribution in [0, 0.1) is 17.5 Å². The second-order valence-electron chi connectivity index (χ2n) is 4.60. The number of H-pyrrole nitrogens is 1. The van der Waals surface area contributed by atoms with Crippen LogP contribution >= 0.6 is 28.1 Å². The van der Waals surface area contributed by atoms with Crippen LogP contribution in [0.5, 0.6) is 0 Å². The van der Waals surface area contributed by atoms with E-state index in [2.05, 4.69) is 25.9 Å². The predicted molar refractivity (Wildman–Crippen MR) is 82.9 cm³/mol. The van der Waals surface area contributed by atoms with Crippen molar-refractivity contribution < 1.29 is 4.39 Å². The summed E-state index contributed by atoms with van der Waals surface area (Å²) in [6, 6.07) is 5.15. The van der Waals surface area contributed by atoms with Crippen molar-refractivity contribution >= 4 is 39.2 Å². The predicted octanol–water partition coefficient (Wildman–Crippen LogP) is 4.35. The highest BCUT2D eigenvalue weighted by molar-refractivity contribution is 9.10. The van der Waals surface area contributed by atoms with Crippen LogP contribution in [0.2, 0.25) is 0 Å². The van der Waals surface area contributed by atoms with Crippen molar-refractivity contribution in [2.45, 2.75) is 13.5 Å². The first-order valence-electron chi connectivity index (χ1n) is 6.03. The van der Waals surface area contributed by atoms with E-state index in [0.29, 0.717) is 21.3 Å². The standard InChI is InChI=1S/C14H11BrFN3S/c1-8-2-3-17-6-9(8)7-19-13-4-10(15)11(16)5-12(13)18-14(19)20/h2-6H,7H2,1H3,(H,18,20). The SMILES string of the molecule is Cc1ccncc1Cn1c(=S)[nH]c2cc(F)c(Br)cc21. The molecule has 102 valence electrons. The topological polar surface area (TPSA) is 33.6 Å². The van der Waals surface area contributed by atoms with Crippen LogP contribution < -0.4 is 0 Å². The average molecular weight is 352 g/mol. The normalized spacial score (nSPS) is 11.2. The van der Waals surface area contributed by atoms with Gasteiger partial charge in [-0.2, -0.15) is 0 Å². The summed E-state index contributed by atoms with van der Waals surface area (Å²) >= 11 is 8.54. The zero-order chi connectivity index (χ0) is 14.3. The molecule has 1 aromatic carbocycles. The first kappa shape index (κ1) is 13.5. The van der Waals surface area contributed by atoms with Gasteiger partial charge in [0.05, 0.1) is 22.1 Å². The van der Waals surface area contributed by atoms with E-state index in [4.69, 9.17) is 12.2 Å².